The number of quaternary nitrogens is 1. The van der Waals surface area contributed by atoms with E-state index in [9.17, 15) is 54.0 Å². The Balaban J connectivity index is 1.10. The lowest BCUT2D eigenvalue weighted by molar-refractivity contribution is -0.308. The van der Waals surface area contributed by atoms with Gasteiger partial charge in [-0.3, -0.25) is 43.0 Å². The summed E-state index contributed by atoms with van der Waals surface area (Å²) >= 11 is 0. The fourth-order valence-corrected chi connectivity index (χ4v) is 8.06. The third-order valence-electron chi connectivity index (χ3n) is 12.1. The highest BCUT2D eigenvalue weighted by molar-refractivity contribution is 6.07. The highest BCUT2D eigenvalue weighted by Gasteiger charge is 2.29. The molecule has 24 heteroatoms. The number of rotatable bonds is 34. The second kappa shape index (κ2) is 32.6. The van der Waals surface area contributed by atoms with Crippen molar-refractivity contribution in [2.45, 2.75) is 82.8 Å². The van der Waals surface area contributed by atoms with E-state index in [0.717, 1.165) is 12.1 Å². The van der Waals surface area contributed by atoms with Crippen LogP contribution < -0.4 is 46.2 Å². The Morgan fingerprint density at radius 2 is 1.45 bits per heavy atom. The van der Waals surface area contributed by atoms with Crippen LogP contribution in [0.2, 0.25) is 0 Å². The van der Waals surface area contributed by atoms with E-state index in [4.69, 9.17) is 18.9 Å². The number of aliphatic carboxylic acids is 1. The van der Waals surface area contributed by atoms with Crippen LogP contribution in [-0.4, -0.2) is 175 Å². The van der Waals surface area contributed by atoms with Crippen molar-refractivity contribution in [2.75, 3.05) is 100 Å². The van der Waals surface area contributed by atoms with Crippen LogP contribution in [0.15, 0.2) is 48.7 Å². The van der Waals surface area contributed by atoms with Crippen LogP contribution in [0.4, 0.5) is 5.69 Å². The maximum atomic E-state index is 13.4. The van der Waals surface area contributed by atoms with Crippen LogP contribution in [0.25, 0.3) is 10.9 Å². The van der Waals surface area contributed by atoms with Gasteiger partial charge in [0.15, 0.2) is 6.61 Å². The van der Waals surface area contributed by atoms with Gasteiger partial charge in [-0.25, -0.2) is 0 Å². The number of nitrogens with one attached hydrogen (secondary N) is 6. The summed E-state index contributed by atoms with van der Waals surface area (Å²) in [4.78, 5) is 106. The van der Waals surface area contributed by atoms with Crippen molar-refractivity contribution < 1.29 is 62.4 Å². The van der Waals surface area contributed by atoms with Gasteiger partial charge in [0, 0.05) is 68.8 Å². The van der Waals surface area contributed by atoms with E-state index >= 15 is 0 Å². The highest BCUT2D eigenvalue weighted by atomic mass is 16.5. The molecule has 0 spiro atoms. The Hall–Kier alpha value is -7.77. The lowest BCUT2D eigenvalue weighted by atomic mass is 10.1. The molecule has 0 radical (unpaired) electrons. The third kappa shape index (κ3) is 21.8. The predicted molar refractivity (Wildman–Crippen MR) is 278 cm³/mol. The number of hydrogen-bond acceptors (Lipinski definition) is 16. The van der Waals surface area contributed by atoms with Gasteiger partial charge in [0.2, 0.25) is 23.6 Å². The molecule has 3 aromatic rings. The fraction of sp³-hybridized carbons (Fsp3) is 0.528. The largest absolute Gasteiger partial charge is 0.548 e. The number of unbranched alkanes of at least 4 members (excludes halogenated alkanes) is 2. The van der Waals surface area contributed by atoms with Crippen molar-refractivity contribution >= 4 is 63.9 Å². The minimum Gasteiger partial charge on any atom is -0.548 e. The molecule has 2 heterocycles. The van der Waals surface area contributed by atoms with Crippen LogP contribution in [0.3, 0.4) is 0 Å². The first-order valence-electron chi connectivity index (χ1n) is 25.6. The van der Waals surface area contributed by atoms with E-state index in [1.807, 2.05) is 21.1 Å². The van der Waals surface area contributed by atoms with Gasteiger partial charge in [0.25, 0.3) is 17.7 Å². The molecule has 1 aliphatic rings. The van der Waals surface area contributed by atoms with Gasteiger partial charge in [-0.1, -0.05) is 0 Å². The number of hydrogen-bond donors (Lipinski definition) is 6. The van der Waals surface area contributed by atoms with Crippen LogP contribution in [-0.2, 0) is 43.0 Å². The van der Waals surface area contributed by atoms with Crippen molar-refractivity contribution in [2.24, 2.45) is 0 Å². The lowest BCUT2D eigenvalue weighted by Gasteiger charge is -2.24. The molecule has 0 aliphatic carbocycles. The molecule has 1 fully saturated rings. The Labute approximate surface area is 448 Å². The van der Waals surface area contributed by atoms with Crippen LogP contribution in [0.5, 0.6) is 5.75 Å². The zero-order valence-electron chi connectivity index (χ0n) is 44.2. The Bertz CT molecular complexity index is 2590. The maximum absolute atomic E-state index is 13.4. The van der Waals surface area contributed by atoms with Gasteiger partial charge in [-0.15, -0.1) is 0 Å². The number of carboxylic acid groups (broad SMARTS) is 1. The van der Waals surface area contributed by atoms with Gasteiger partial charge in [0.05, 0.1) is 96.5 Å². The molecule has 1 aliphatic heterocycles. The minimum atomic E-state index is -1.49. The summed E-state index contributed by atoms with van der Waals surface area (Å²) in [7, 11) is 5.74. The van der Waals surface area contributed by atoms with Crippen molar-refractivity contribution in [1.29, 1.82) is 10.5 Å². The molecule has 2 aromatic carbocycles. The maximum Gasteiger partial charge on any atom is 0.258 e. The lowest BCUT2D eigenvalue weighted by Crippen LogP contribution is -2.54. The quantitative estimate of drug-likeness (QED) is 0.0341. The topological polar surface area (TPSA) is 332 Å². The summed E-state index contributed by atoms with van der Waals surface area (Å²) in [6.07, 6.45) is 4.51. The molecule has 0 bridgehead atoms. The number of nitrogens with zero attached hydrogens (tertiary/aromatic N) is 5. The molecule has 4 rings (SSSR count). The molecule has 0 saturated carbocycles. The average molecular weight is 1070 g/mol. The Morgan fingerprint density at radius 3 is 2.13 bits per heavy atom. The number of fused-ring (bicyclic) bond motifs is 1. The smallest absolute Gasteiger partial charge is 0.258 e. The number of ether oxygens (including phenoxy) is 4. The molecule has 416 valence electrons. The molecule has 3 atom stereocenters. The average Bonchev–Trinajstić information content (AvgIpc) is 3.90. The molecule has 77 heavy (non-hydrogen) atoms. The van der Waals surface area contributed by atoms with E-state index in [1.165, 1.54) is 30.2 Å². The molecular weight excluding hydrogens is 999 g/mol. The molecule has 1 aromatic heterocycles. The second-order valence-corrected chi connectivity index (χ2v) is 18.9. The van der Waals surface area contributed by atoms with E-state index in [1.54, 1.807) is 30.3 Å². The first kappa shape index (κ1) is 61.8. The number of carbonyl (C=O) groups excluding carboxylic acids is 8. The number of aromatic nitrogens is 1. The molecular formula is C53H71N11O13. The summed E-state index contributed by atoms with van der Waals surface area (Å²) in [5.74, 6) is -4.14. The first-order chi connectivity index (χ1) is 36.9. The first-order valence-corrected chi connectivity index (χ1v) is 25.6. The number of carboxylic acids is 1. The zero-order chi connectivity index (χ0) is 56.2. The number of pyridine rings is 1. The van der Waals surface area contributed by atoms with Crippen molar-refractivity contribution in [3.05, 3.63) is 65.4 Å². The van der Waals surface area contributed by atoms with Crippen molar-refractivity contribution in [3.63, 3.8) is 0 Å². The number of amides is 7. The van der Waals surface area contributed by atoms with Crippen molar-refractivity contribution in [1.82, 2.24) is 46.3 Å². The van der Waals surface area contributed by atoms with Crippen LogP contribution in [0.1, 0.15) is 91.0 Å². The van der Waals surface area contributed by atoms with E-state index in [-0.39, 0.29) is 103 Å². The van der Waals surface area contributed by atoms with Gasteiger partial charge in [-0.05, 0) is 81.7 Å². The molecule has 6 N–H and O–H groups in total. The zero-order valence-corrected chi connectivity index (χ0v) is 44.2. The molecule has 24 nitrogen and oxygen atoms in total. The van der Waals surface area contributed by atoms with Crippen molar-refractivity contribution in [3.8, 4) is 17.9 Å². The Morgan fingerprint density at radius 1 is 0.766 bits per heavy atom. The third-order valence-corrected chi connectivity index (χ3v) is 12.1. The SMILES string of the molecule is CC(=O)NCCCC[C@H](NC(=O)[C@H](CCCCNC(=O)c1ccc([N+](C)(C)C)c(C#N)c1)NC(=O)CCOCCOCCOCCNC(=O)COc1ccc2c(C(=O)NCC(=O)N3CCC[C@H]3C#N)ccnc2c1)C(=O)[O-]. The van der Waals surface area contributed by atoms with Gasteiger partial charge in [0.1, 0.15) is 35.2 Å². The summed E-state index contributed by atoms with van der Waals surface area (Å²) in [6.45, 7) is 3.12. The Kier molecular flexibility index (Phi) is 26.2. The normalized spacial score (nSPS) is 13.8. The van der Waals surface area contributed by atoms with Crippen LogP contribution >= 0.6 is 0 Å². The summed E-state index contributed by atoms with van der Waals surface area (Å²) in [5, 5.41) is 47.3. The minimum absolute atomic E-state index is 0.00184. The summed E-state index contributed by atoms with van der Waals surface area (Å²) in [5.41, 5.74) is 2.21. The van der Waals surface area contributed by atoms with Gasteiger partial charge >= 0.3 is 0 Å². The monoisotopic (exact) mass is 1070 g/mol. The number of likely N-dealkylation sites (tertiary alicyclic amines) is 1. The number of nitriles is 2. The van der Waals surface area contributed by atoms with E-state index < -0.39 is 47.7 Å². The predicted octanol–water partition coefficient (Wildman–Crippen LogP) is 0.109. The van der Waals surface area contributed by atoms with Crippen LogP contribution in [0, 0.1) is 22.7 Å². The molecule has 0 unspecified atom stereocenters. The van der Waals surface area contributed by atoms with E-state index in [0.29, 0.717) is 83.0 Å². The summed E-state index contributed by atoms with van der Waals surface area (Å²) in [6, 6.07) is 12.6. The standard InChI is InChI=1S/C53H71N11O13/c1-36(65)56-19-7-6-12-44(53(72)73)62-52(71)43(11-5-8-20-59-50(69)37-13-16-46(64(2,3)4)38(30-37)32-54)61-47(66)18-24-74-26-28-76-29-27-75-25-22-58-48(67)35-77-40-14-15-41-42(17-21-57-45(41)31-40)51(70)60-34-49(68)63-23-9-10-39(63)33-55/h13-17,21,30-31,39,43-44H,5-12,18-20,22-29,34-35H2,1-4H3,(H6-,56,58,59,60,61,62,65,66,67,69,70,71,72,73)/t39-,43-,44-/m0/s1. The van der Waals surface area contributed by atoms with Gasteiger partial charge in [-0.2, -0.15) is 10.5 Å². The van der Waals surface area contributed by atoms with E-state index in [2.05, 4.69) is 49.0 Å². The molecule has 7 amide bonds. The fourth-order valence-electron chi connectivity index (χ4n) is 8.06. The summed E-state index contributed by atoms with van der Waals surface area (Å²) < 4.78 is 22.6. The second-order valence-electron chi connectivity index (χ2n) is 18.9. The van der Waals surface area contributed by atoms with Gasteiger partial charge < -0.3 is 65.6 Å². The molecule has 1 saturated heterocycles. The number of carbonyl (C=O) groups is 8. The highest BCUT2D eigenvalue weighted by Crippen LogP contribution is 2.24. The number of benzene rings is 2.